The van der Waals surface area contributed by atoms with Crippen LogP contribution < -0.4 is 10.1 Å². The number of amides is 2. The van der Waals surface area contributed by atoms with Gasteiger partial charge in [0.2, 0.25) is 5.91 Å². The van der Waals surface area contributed by atoms with Gasteiger partial charge in [0.05, 0.1) is 13.0 Å². The van der Waals surface area contributed by atoms with Gasteiger partial charge in [-0.05, 0) is 37.0 Å². The molecule has 1 aliphatic rings. The summed E-state index contributed by atoms with van der Waals surface area (Å²) in [6.07, 6.45) is -3.45. The van der Waals surface area contributed by atoms with Crippen molar-refractivity contribution < 1.29 is 27.5 Å². The van der Waals surface area contributed by atoms with E-state index < -0.39 is 18.0 Å². The van der Waals surface area contributed by atoms with Crippen molar-refractivity contribution in [2.75, 3.05) is 26.7 Å². The third-order valence-corrected chi connectivity index (χ3v) is 4.17. The standard InChI is InChI=1S/C17H21F3N2O3/c1-25-14-6-2-4-12(10-14)7-8-21-15(23)13-5-3-9-22(11-13)16(24)17(18,19)20/h2,4,6,10,13H,3,5,7-9,11H2,1H3,(H,21,23). The van der Waals surface area contributed by atoms with Gasteiger partial charge in [-0.1, -0.05) is 12.1 Å². The summed E-state index contributed by atoms with van der Waals surface area (Å²) in [5.41, 5.74) is 0.983. The van der Waals surface area contributed by atoms with Gasteiger partial charge in [-0.25, -0.2) is 0 Å². The van der Waals surface area contributed by atoms with Gasteiger partial charge < -0.3 is 15.0 Å². The molecule has 25 heavy (non-hydrogen) atoms. The summed E-state index contributed by atoms with van der Waals surface area (Å²) in [7, 11) is 1.57. The number of rotatable bonds is 5. The van der Waals surface area contributed by atoms with Crippen molar-refractivity contribution in [3.05, 3.63) is 29.8 Å². The Morgan fingerprint density at radius 3 is 2.80 bits per heavy atom. The van der Waals surface area contributed by atoms with Crippen molar-refractivity contribution in [1.29, 1.82) is 0 Å². The van der Waals surface area contributed by atoms with Crippen molar-refractivity contribution in [2.45, 2.75) is 25.4 Å². The minimum Gasteiger partial charge on any atom is -0.497 e. The van der Waals surface area contributed by atoms with Crippen molar-refractivity contribution in [1.82, 2.24) is 10.2 Å². The van der Waals surface area contributed by atoms with E-state index in [0.717, 1.165) is 16.2 Å². The highest BCUT2D eigenvalue weighted by molar-refractivity contribution is 5.84. The molecule has 1 saturated heterocycles. The molecule has 1 aromatic carbocycles. The lowest BCUT2D eigenvalue weighted by Gasteiger charge is -2.32. The molecule has 1 heterocycles. The van der Waals surface area contributed by atoms with Crippen LogP contribution in [0.15, 0.2) is 24.3 Å². The fraction of sp³-hybridized carbons (Fsp3) is 0.529. The molecule has 1 fully saturated rings. The molecule has 0 spiro atoms. The van der Waals surface area contributed by atoms with Crippen LogP contribution in [0.1, 0.15) is 18.4 Å². The molecule has 0 radical (unpaired) electrons. The van der Waals surface area contributed by atoms with E-state index in [4.69, 9.17) is 4.74 Å². The first-order valence-corrected chi connectivity index (χ1v) is 8.08. The first-order chi connectivity index (χ1) is 11.8. The lowest BCUT2D eigenvalue weighted by molar-refractivity contribution is -0.187. The lowest BCUT2D eigenvalue weighted by Crippen LogP contribution is -2.49. The zero-order chi connectivity index (χ0) is 18.4. The second-order valence-corrected chi connectivity index (χ2v) is 5.98. The molecular formula is C17H21F3N2O3. The third-order valence-electron chi connectivity index (χ3n) is 4.17. The highest BCUT2D eigenvalue weighted by Crippen LogP contribution is 2.24. The molecule has 0 bridgehead atoms. The molecule has 0 aromatic heterocycles. The number of piperidine rings is 1. The maximum Gasteiger partial charge on any atom is 0.471 e. The number of likely N-dealkylation sites (tertiary alicyclic amines) is 1. The van der Waals surface area contributed by atoms with Crippen molar-refractivity contribution in [3.8, 4) is 5.75 Å². The zero-order valence-corrected chi connectivity index (χ0v) is 13.9. The molecule has 5 nitrogen and oxygen atoms in total. The zero-order valence-electron chi connectivity index (χ0n) is 13.9. The van der Waals surface area contributed by atoms with Gasteiger partial charge in [-0.15, -0.1) is 0 Å². The number of hydrogen-bond donors (Lipinski definition) is 1. The van der Waals surface area contributed by atoms with E-state index in [0.29, 0.717) is 25.8 Å². The number of nitrogens with one attached hydrogen (secondary N) is 1. The van der Waals surface area contributed by atoms with Crippen LogP contribution in [-0.2, 0) is 16.0 Å². The van der Waals surface area contributed by atoms with Gasteiger partial charge in [0, 0.05) is 19.6 Å². The van der Waals surface area contributed by atoms with E-state index in [1.54, 1.807) is 7.11 Å². The quantitative estimate of drug-likeness (QED) is 0.878. The topological polar surface area (TPSA) is 58.6 Å². The van der Waals surface area contributed by atoms with E-state index in [-0.39, 0.29) is 19.0 Å². The van der Waals surface area contributed by atoms with Crippen LogP contribution in [0.5, 0.6) is 5.75 Å². The molecule has 138 valence electrons. The number of ether oxygens (including phenoxy) is 1. The minimum atomic E-state index is -4.90. The SMILES string of the molecule is COc1cccc(CCNC(=O)C2CCCN(C(=O)C(F)(F)F)C2)c1. The average Bonchev–Trinajstić information content (AvgIpc) is 2.60. The van der Waals surface area contributed by atoms with E-state index in [9.17, 15) is 22.8 Å². The Labute approximate surface area is 144 Å². The van der Waals surface area contributed by atoms with Crippen LogP contribution in [0, 0.1) is 5.92 Å². The van der Waals surface area contributed by atoms with Crippen LogP contribution in [0.3, 0.4) is 0 Å². The second-order valence-electron chi connectivity index (χ2n) is 5.98. The predicted octanol–water partition coefficient (Wildman–Crippen LogP) is 2.15. The predicted molar refractivity (Wildman–Crippen MR) is 85.1 cm³/mol. The highest BCUT2D eigenvalue weighted by Gasteiger charge is 2.44. The highest BCUT2D eigenvalue weighted by atomic mass is 19.4. The molecule has 2 rings (SSSR count). The summed E-state index contributed by atoms with van der Waals surface area (Å²) in [5.74, 6) is -2.08. The van der Waals surface area contributed by atoms with Gasteiger partial charge in [-0.3, -0.25) is 9.59 Å². The summed E-state index contributed by atoms with van der Waals surface area (Å²) in [6, 6.07) is 7.42. The Morgan fingerprint density at radius 2 is 2.12 bits per heavy atom. The number of nitrogens with zero attached hydrogens (tertiary/aromatic N) is 1. The molecular weight excluding hydrogens is 337 g/mol. The van der Waals surface area contributed by atoms with Gasteiger partial charge >= 0.3 is 12.1 Å². The fourth-order valence-corrected chi connectivity index (χ4v) is 2.86. The molecule has 2 amide bonds. The van der Waals surface area contributed by atoms with E-state index >= 15 is 0 Å². The average molecular weight is 358 g/mol. The third kappa shape index (κ3) is 5.37. The normalized spacial score (nSPS) is 17.9. The Hall–Kier alpha value is -2.25. The van der Waals surface area contributed by atoms with Gasteiger partial charge in [-0.2, -0.15) is 13.2 Å². The lowest BCUT2D eigenvalue weighted by atomic mass is 9.97. The summed E-state index contributed by atoms with van der Waals surface area (Å²) < 4.78 is 42.7. The fourth-order valence-electron chi connectivity index (χ4n) is 2.86. The first kappa shape index (κ1) is 19.1. The van der Waals surface area contributed by atoms with Crippen molar-refractivity contribution in [2.24, 2.45) is 5.92 Å². The smallest absolute Gasteiger partial charge is 0.471 e. The number of alkyl halides is 3. The summed E-state index contributed by atoms with van der Waals surface area (Å²) in [6.45, 7) is 0.213. The monoisotopic (exact) mass is 358 g/mol. The van der Waals surface area contributed by atoms with Gasteiger partial charge in [0.1, 0.15) is 5.75 Å². The summed E-state index contributed by atoms with van der Waals surface area (Å²) >= 11 is 0. The summed E-state index contributed by atoms with van der Waals surface area (Å²) in [4.78, 5) is 24.2. The number of hydrogen-bond acceptors (Lipinski definition) is 3. The minimum absolute atomic E-state index is 0.0337. The van der Waals surface area contributed by atoms with E-state index in [1.165, 1.54) is 0 Å². The molecule has 0 aliphatic carbocycles. The summed E-state index contributed by atoms with van der Waals surface area (Å²) in [5, 5.41) is 2.74. The molecule has 0 saturated carbocycles. The number of benzene rings is 1. The van der Waals surface area contributed by atoms with Crippen LogP contribution in [0.25, 0.3) is 0 Å². The van der Waals surface area contributed by atoms with Crippen molar-refractivity contribution >= 4 is 11.8 Å². The van der Waals surface area contributed by atoms with Crippen LogP contribution in [0.4, 0.5) is 13.2 Å². The Morgan fingerprint density at radius 1 is 1.36 bits per heavy atom. The molecule has 1 unspecified atom stereocenters. The first-order valence-electron chi connectivity index (χ1n) is 8.08. The maximum atomic E-state index is 12.5. The second kappa shape index (κ2) is 8.22. The van der Waals surface area contributed by atoms with Gasteiger partial charge in [0.15, 0.2) is 0 Å². The number of methoxy groups -OCH3 is 1. The number of halogens is 3. The molecule has 8 heteroatoms. The largest absolute Gasteiger partial charge is 0.497 e. The Balaban J connectivity index is 1.83. The van der Waals surface area contributed by atoms with Crippen molar-refractivity contribution in [3.63, 3.8) is 0 Å². The molecule has 1 aromatic rings. The van der Waals surface area contributed by atoms with E-state index in [1.807, 2.05) is 24.3 Å². The van der Waals surface area contributed by atoms with Crippen LogP contribution in [0.2, 0.25) is 0 Å². The molecule has 1 N–H and O–H groups in total. The maximum absolute atomic E-state index is 12.5. The van der Waals surface area contributed by atoms with Crippen LogP contribution in [-0.4, -0.2) is 49.6 Å². The van der Waals surface area contributed by atoms with Crippen LogP contribution >= 0.6 is 0 Å². The van der Waals surface area contributed by atoms with Gasteiger partial charge in [0.25, 0.3) is 0 Å². The molecule has 1 atom stereocenters. The Bertz CT molecular complexity index is 619. The molecule has 1 aliphatic heterocycles. The number of carbonyl (C=O) groups is 2. The number of carbonyl (C=O) groups excluding carboxylic acids is 2. The van der Waals surface area contributed by atoms with E-state index in [2.05, 4.69) is 5.32 Å². The Kier molecular flexibility index (Phi) is 6.27.